The molecular weight excluding hydrogens is 410 g/mol. The standard InChI is InChI=1S/C17H19NO3.C4H6O6/c1-18-7-6-17-10-3-5-13(20)16(17)21-15-12(19)4-2-9(14(15)17)8-11(10)18;5-1(3(7)8)2(6)4(9)10/h2-5,10-11,13,16,19-20H,6-8H2,1H3;1-2,5-6H,(H,7,8)(H,9,10)/t10-,11+,13?,16-,17-;/m0./s1. The van der Waals surface area contributed by atoms with Crippen LogP contribution in [0.25, 0.3) is 0 Å². The van der Waals surface area contributed by atoms with E-state index in [1.54, 1.807) is 6.07 Å². The van der Waals surface area contributed by atoms with E-state index < -0.39 is 30.3 Å². The van der Waals surface area contributed by atoms with Gasteiger partial charge in [0.25, 0.3) is 0 Å². The Bertz CT molecular complexity index is 929. The first kappa shape index (κ1) is 21.6. The number of carbonyl (C=O) groups is 2. The summed E-state index contributed by atoms with van der Waals surface area (Å²) in [5, 5.41) is 53.2. The van der Waals surface area contributed by atoms with E-state index in [4.69, 9.17) is 25.2 Å². The molecule has 10 heteroatoms. The van der Waals surface area contributed by atoms with Crippen LogP contribution >= 0.6 is 0 Å². The largest absolute Gasteiger partial charge is 0.504 e. The normalized spacial score (nSPS) is 33.9. The maximum atomic E-state index is 10.4. The molecule has 31 heavy (non-hydrogen) atoms. The first-order valence-corrected chi connectivity index (χ1v) is 10.00. The summed E-state index contributed by atoms with van der Waals surface area (Å²) in [6.07, 6.45) is 0.646. The van der Waals surface area contributed by atoms with Crippen LogP contribution in [0.2, 0.25) is 0 Å². The fourth-order valence-electron chi connectivity index (χ4n) is 5.51. The number of aliphatic hydroxyl groups is 3. The number of benzene rings is 1. The predicted octanol–water partition coefficient (Wildman–Crippen LogP) is -0.924. The summed E-state index contributed by atoms with van der Waals surface area (Å²) in [7, 11) is 2.19. The number of phenols is 1. The SMILES string of the molecule is CN1CC[C@]23c4c5ccc(O)c4O[C@H]2C(O)C=C[C@H]3[C@H]1C5.O=C(O)C(O)C(O)C(=O)O. The van der Waals surface area contributed by atoms with Crippen molar-refractivity contribution in [3.8, 4) is 11.5 Å². The average molecular weight is 435 g/mol. The number of piperidine rings is 1. The first-order chi connectivity index (χ1) is 14.6. The average Bonchev–Trinajstić information content (AvgIpc) is 3.09. The maximum absolute atomic E-state index is 10.4. The molecule has 7 atom stereocenters. The van der Waals surface area contributed by atoms with Crippen LogP contribution in [-0.4, -0.2) is 91.5 Å². The van der Waals surface area contributed by atoms with Gasteiger partial charge in [0.2, 0.25) is 0 Å². The number of carboxylic acids is 2. The van der Waals surface area contributed by atoms with Gasteiger partial charge in [-0.05, 0) is 38.1 Å². The molecule has 3 unspecified atom stereocenters. The minimum absolute atomic E-state index is 0.160. The fourth-order valence-corrected chi connectivity index (χ4v) is 5.51. The van der Waals surface area contributed by atoms with Crippen LogP contribution < -0.4 is 4.74 Å². The van der Waals surface area contributed by atoms with Crippen LogP contribution in [0.1, 0.15) is 17.5 Å². The van der Waals surface area contributed by atoms with Crippen molar-refractivity contribution in [1.82, 2.24) is 4.90 Å². The van der Waals surface area contributed by atoms with Gasteiger partial charge in [-0.2, -0.15) is 0 Å². The topological polar surface area (TPSA) is 168 Å². The fraction of sp³-hybridized carbons (Fsp3) is 0.524. The highest BCUT2D eigenvalue weighted by Crippen LogP contribution is 2.62. The number of aliphatic hydroxyl groups excluding tert-OH is 3. The number of phenolic OH excluding ortho intramolecular Hbond substituents is 1. The highest BCUT2D eigenvalue weighted by Gasteiger charge is 2.64. The molecule has 1 aromatic carbocycles. The number of likely N-dealkylation sites (tertiary alicyclic amines) is 1. The van der Waals surface area contributed by atoms with Crippen LogP contribution in [0.5, 0.6) is 11.5 Å². The summed E-state index contributed by atoms with van der Waals surface area (Å²) in [5.41, 5.74) is 2.29. The Morgan fingerprint density at radius 2 is 1.81 bits per heavy atom. The highest BCUT2D eigenvalue weighted by atomic mass is 16.5. The van der Waals surface area contributed by atoms with E-state index >= 15 is 0 Å². The number of nitrogens with zero attached hydrogens (tertiary/aromatic N) is 1. The van der Waals surface area contributed by atoms with E-state index in [1.165, 1.54) is 11.1 Å². The number of aliphatic carboxylic acids is 2. The molecule has 0 amide bonds. The Morgan fingerprint density at radius 1 is 1.16 bits per heavy atom. The zero-order chi connectivity index (χ0) is 22.7. The first-order valence-electron chi connectivity index (χ1n) is 10.00. The van der Waals surface area contributed by atoms with Crippen molar-refractivity contribution in [2.75, 3.05) is 13.6 Å². The summed E-state index contributed by atoms with van der Waals surface area (Å²) >= 11 is 0. The van der Waals surface area contributed by atoms with Crippen molar-refractivity contribution in [3.63, 3.8) is 0 Å². The second-order valence-electron chi connectivity index (χ2n) is 8.50. The number of rotatable bonds is 3. The molecule has 168 valence electrons. The lowest BCUT2D eigenvalue weighted by Gasteiger charge is -2.56. The molecule has 2 bridgehead atoms. The van der Waals surface area contributed by atoms with Gasteiger partial charge in [-0.1, -0.05) is 18.2 Å². The van der Waals surface area contributed by atoms with Crippen LogP contribution in [0.3, 0.4) is 0 Å². The lowest BCUT2D eigenvalue weighted by molar-refractivity contribution is -0.165. The van der Waals surface area contributed by atoms with E-state index in [-0.39, 0.29) is 17.3 Å². The van der Waals surface area contributed by atoms with Crippen LogP contribution in [0.15, 0.2) is 24.3 Å². The van der Waals surface area contributed by atoms with Gasteiger partial charge in [-0.25, -0.2) is 9.59 Å². The third kappa shape index (κ3) is 3.09. The van der Waals surface area contributed by atoms with Gasteiger partial charge in [-0.15, -0.1) is 0 Å². The van der Waals surface area contributed by atoms with E-state index in [1.807, 2.05) is 12.1 Å². The van der Waals surface area contributed by atoms with E-state index in [2.05, 4.69) is 18.0 Å². The molecule has 0 aromatic heterocycles. The Morgan fingerprint density at radius 3 is 2.42 bits per heavy atom. The van der Waals surface area contributed by atoms with E-state index in [0.29, 0.717) is 17.7 Å². The number of hydrogen-bond acceptors (Lipinski definition) is 8. The van der Waals surface area contributed by atoms with Gasteiger partial charge in [0, 0.05) is 22.9 Å². The van der Waals surface area contributed by atoms with Gasteiger partial charge < -0.3 is 40.3 Å². The third-order valence-corrected chi connectivity index (χ3v) is 6.95. The third-order valence-electron chi connectivity index (χ3n) is 6.95. The molecule has 5 rings (SSSR count). The number of aromatic hydroxyl groups is 1. The Labute approximate surface area is 177 Å². The molecule has 10 nitrogen and oxygen atoms in total. The van der Waals surface area contributed by atoms with Crippen LogP contribution in [0, 0.1) is 5.92 Å². The van der Waals surface area contributed by atoms with Crippen molar-refractivity contribution in [2.24, 2.45) is 5.92 Å². The van der Waals surface area contributed by atoms with E-state index in [9.17, 15) is 19.8 Å². The molecule has 1 aromatic rings. The lowest BCUT2D eigenvalue weighted by atomic mass is 9.53. The number of carboxylic acid groups (broad SMARTS) is 2. The molecule has 1 spiro atoms. The van der Waals surface area contributed by atoms with Crippen LogP contribution in [0.4, 0.5) is 0 Å². The quantitative estimate of drug-likeness (QED) is 0.327. The van der Waals surface area contributed by atoms with Crippen molar-refractivity contribution in [3.05, 3.63) is 35.4 Å². The minimum Gasteiger partial charge on any atom is -0.504 e. The molecule has 2 aliphatic carbocycles. The van der Waals surface area contributed by atoms with Crippen molar-refractivity contribution in [2.45, 2.75) is 48.7 Å². The van der Waals surface area contributed by atoms with Gasteiger partial charge in [0.1, 0.15) is 12.2 Å². The molecule has 0 radical (unpaired) electrons. The second-order valence-corrected chi connectivity index (χ2v) is 8.50. The monoisotopic (exact) mass is 435 g/mol. The zero-order valence-corrected chi connectivity index (χ0v) is 16.8. The van der Waals surface area contributed by atoms with E-state index in [0.717, 1.165) is 19.4 Å². The predicted molar refractivity (Wildman–Crippen MR) is 105 cm³/mol. The second kappa shape index (κ2) is 7.49. The summed E-state index contributed by atoms with van der Waals surface area (Å²) in [6, 6.07) is 4.23. The van der Waals surface area contributed by atoms with Crippen molar-refractivity contribution < 1.29 is 45.0 Å². The minimum atomic E-state index is -2.27. The summed E-state index contributed by atoms with van der Waals surface area (Å²) < 4.78 is 6.09. The lowest BCUT2D eigenvalue weighted by Crippen LogP contribution is -2.64. The Kier molecular flexibility index (Phi) is 5.21. The summed E-state index contributed by atoms with van der Waals surface area (Å²) in [6.45, 7) is 1.01. The molecule has 4 aliphatic rings. The summed E-state index contributed by atoms with van der Waals surface area (Å²) in [5.74, 6) is -2.35. The molecular formula is C21H25NO9. The number of hydrogen-bond donors (Lipinski definition) is 6. The van der Waals surface area contributed by atoms with Gasteiger partial charge in [0.05, 0.1) is 0 Å². The molecule has 2 heterocycles. The smallest absolute Gasteiger partial charge is 0.335 e. The number of ether oxygens (including phenoxy) is 1. The molecule has 1 fully saturated rings. The van der Waals surface area contributed by atoms with Gasteiger partial charge >= 0.3 is 11.9 Å². The van der Waals surface area contributed by atoms with Crippen LogP contribution in [-0.2, 0) is 21.4 Å². The van der Waals surface area contributed by atoms with Gasteiger partial charge in [0.15, 0.2) is 23.7 Å². The molecule has 0 saturated carbocycles. The highest BCUT2D eigenvalue weighted by molar-refractivity contribution is 5.83. The Balaban J connectivity index is 0.000000199. The van der Waals surface area contributed by atoms with Crippen molar-refractivity contribution >= 4 is 11.9 Å². The number of likely N-dealkylation sites (N-methyl/N-ethyl adjacent to an activating group) is 1. The zero-order valence-electron chi connectivity index (χ0n) is 16.8. The molecule has 1 saturated heterocycles. The Hall–Kier alpha value is -2.66. The van der Waals surface area contributed by atoms with Crippen molar-refractivity contribution in [1.29, 1.82) is 0 Å². The molecule has 6 N–H and O–H groups in total. The van der Waals surface area contributed by atoms with Gasteiger partial charge in [-0.3, -0.25) is 0 Å². The molecule has 2 aliphatic heterocycles. The summed E-state index contributed by atoms with van der Waals surface area (Å²) in [4.78, 5) is 22.0. The maximum Gasteiger partial charge on any atom is 0.335 e.